The average Bonchev–Trinajstić information content (AvgIpc) is 2.67. The summed E-state index contributed by atoms with van der Waals surface area (Å²) in [5, 5.41) is 4.02. The summed E-state index contributed by atoms with van der Waals surface area (Å²) in [4.78, 5) is 23.0. The number of hydrogen-bond acceptors (Lipinski definition) is 5. The maximum Gasteiger partial charge on any atom is 0.230 e. The molecule has 0 spiro atoms. The molecule has 1 heterocycles. The highest BCUT2D eigenvalue weighted by atomic mass is 35.5. The molecule has 5 nitrogen and oxygen atoms in total. The molecule has 27 heavy (non-hydrogen) atoms. The number of thioether (sulfide) groups is 1. The second-order valence-electron chi connectivity index (χ2n) is 6.86. The van der Waals surface area contributed by atoms with E-state index >= 15 is 0 Å². The van der Waals surface area contributed by atoms with Crippen molar-refractivity contribution in [1.82, 2.24) is 15.3 Å². The Balaban J connectivity index is 1.56. The van der Waals surface area contributed by atoms with Gasteiger partial charge in [0.05, 0.1) is 5.75 Å². The van der Waals surface area contributed by atoms with E-state index in [9.17, 15) is 4.79 Å². The van der Waals surface area contributed by atoms with Crippen LogP contribution in [0.15, 0.2) is 41.6 Å². The number of hydrogen-bond donors (Lipinski definition) is 1. The third-order valence-corrected chi connectivity index (χ3v) is 5.66. The summed E-state index contributed by atoms with van der Waals surface area (Å²) in [7, 11) is 1.97. The second kappa shape index (κ2) is 9.95. The van der Waals surface area contributed by atoms with Crippen molar-refractivity contribution in [2.45, 2.75) is 49.8 Å². The number of nitrogens with zero attached hydrogens (tertiary/aromatic N) is 3. The van der Waals surface area contributed by atoms with Gasteiger partial charge in [0.2, 0.25) is 5.91 Å². The standard InChI is InChI=1S/C20H25ClN4OS/c1-25(13-15-8-4-2-5-9-15)18-12-17(21)23-20(24-18)27-14-19(26)22-16-10-6-3-7-11-16/h2,4-5,8-9,12,16H,3,6-7,10-11,13-14H2,1H3,(H,22,26). The minimum atomic E-state index is 0.0367. The lowest BCUT2D eigenvalue weighted by molar-refractivity contribution is -0.119. The lowest BCUT2D eigenvalue weighted by Gasteiger charge is -2.22. The fourth-order valence-electron chi connectivity index (χ4n) is 3.23. The number of nitrogens with one attached hydrogen (secondary N) is 1. The number of anilines is 1. The molecule has 1 fully saturated rings. The van der Waals surface area contributed by atoms with Crippen LogP contribution in [0.4, 0.5) is 5.82 Å². The highest BCUT2D eigenvalue weighted by Crippen LogP contribution is 2.23. The first kappa shape index (κ1) is 20.0. The van der Waals surface area contributed by atoms with E-state index in [0.717, 1.165) is 25.2 Å². The maximum absolute atomic E-state index is 12.2. The first-order chi connectivity index (χ1) is 13.1. The van der Waals surface area contributed by atoms with E-state index in [4.69, 9.17) is 11.6 Å². The van der Waals surface area contributed by atoms with Gasteiger partial charge >= 0.3 is 0 Å². The molecule has 0 unspecified atom stereocenters. The summed E-state index contributed by atoms with van der Waals surface area (Å²) < 4.78 is 0. The Labute approximate surface area is 169 Å². The van der Waals surface area contributed by atoms with Gasteiger partial charge in [0.1, 0.15) is 11.0 Å². The van der Waals surface area contributed by atoms with E-state index in [0.29, 0.717) is 22.1 Å². The van der Waals surface area contributed by atoms with Gasteiger partial charge in [0, 0.05) is 25.7 Å². The van der Waals surface area contributed by atoms with E-state index in [1.54, 1.807) is 6.07 Å². The van der Waals surface area contributed by atoms with Gasteiger partial charge in [-0.3, -0.25) is 4.79 Å². The van der Waals surface area contributed by atoms with Crippen LogP contribution in [0.3, 0.4) is 0 Å². The van der Waals surface area contributed by atoms with E-state index in [1.165, 1.54) is 36.6 Å². The van der Waals surface area contributed by atoms with Crippen molar-refractivity contribution in [1.29, 1.82) is 0 Å². The summed E-state index contributed by atoms with van der Waals surface area (Å²) in [6, 6.07) is 12.2. The van der Waals surface area contributed by atoms with Crippen LogP contribution in [0, 0.1) is 0 Å². The number of carbonyl (C=O) groups excluding carboxylic acids is 1. The van der Waals surface area contributed by atoms with Gasteiger partial charge < -0.3 is 10.2 Å². The Morgan fingerprint density at radius 2 is 1.96 bits per heavy atom. The van der Waals surface area contributed by atoms with Crippen LogP contribution >= 0.6 is 23.4 Å². The number of benzene rings is 1. The van der Waals surface area contributed by atoms with Crippen LogP contribution in [-0.4, -0.2) is 34.7 Å². The molecule has 1 amide bonds. The fourth-order valence-corrected chi connectivity index (χ4v) is 4.12. The van der Waals surface area contributed by atoms with Crippen LogP contribution < -0.4 is 10.2 Å². The van der Waals surface area contributed by atoms with Gasteiger partial charge in [-0.2, -0.15) is 0 Å². The van der Waals surface area contributed by atoms with Gasteiger partial charge in [0.15, 0.2) is 5.16 Å². The number of amides is 1. The molecule has 1 N–H and O–H groups in total. The number of rotatable bonds is 7. The lowest BCUT2D eigenvalue weighted by atomic mass is 9.95. The second-order valence-corrected chi connectivity index (χ2v) is 8.19. The van der Waals surface area contributed by atoms with Crippen molar-refractivity contribution in [3.63, 3.8) is 0 Å². The minimum Gasteiger partial charge on any atom is -0.355 e. The van der Waals surface area contributed by atoms with Crippen LogP contribution in [0.1, 0.15) is 37.7 Å². The van der Waals surface area contributed by atoms with Gasteiger partial charge in [-0.25, -0.2) is 9.97 Å². The largest absolute Gasteiger partial charge is 0.355 e. The number of aromatic nitrogens is 2. The van der Waals surface area contributed by atoms with Crippen molar-refractivity contribution in [2.24, 2.45) is 0 Å². The Morgan fingerprint density at radius 3 is 2.70 bits per heavy atom. The van der Waals surface area contributed by atoms with Crippen LogP contribution in [-0.2, 0) is 11.3 Å². The SMILES string of the molecule is CN(Cc1ccccc1)c1cc(Cl)nc(SCC(=O)NC2CCCCC2)n1. The summed E-state index contributed by atoms with van der Waals surface area (Å²) in [5.74, 6) is 1.09. The van der Waals surface area contributed by atoms with E-state index in [2.05, 4.69) is 27.4 Å². The highest BCUT2D eigenvalue weighted by Gasteiger charge is 2.16. The van der Waals surface area contributed by atoms with Crippen LogP contribution in [0.2, 0.25) is 5.15 Å². The molecule has 0 atom stereocenters. The van der Waals surface area contributed by atoms with Crippen molar-refractivity contribution < 1.29 is 4.79 Å². The normalized spacial score (nSPS) is 14.7. The Morgan fingerprint density at radius 1 is 1.22 bits per heavy atom. The predicted molar refractivity (Wildman–Crippen MR) is 111 cm³/mol. The molecule has 1 saturated carbocycles. The first-order valence-corrected chi connectivity index (χ1v) is 10.7. The molecular weight excluding hydrogens is 380 g/mol. The van der Waals surface area contributed by atoms with Crippen molar-refractivity contribution in [2.75, 3.05) is 17.7 Å². The molecule has 1 aliphatic carbocycles. The summed E-state index contributed by atoms with van der Waals surface area (Å²) in [6.45, 7) is 0.723. The van der Waals surface area contributed by atoms with Gasteiger partial charge in [0.25, 0.3) is 0 Å². The van der Waals surface area contributed by atoms with E-state index in [-0.39, 0.29) is 5.91 Å². The zero-order valence-corrected chi connectivity index (χ0v) is 17.1. The fraction of sp³-hybridized carbons (Fsp3) is 0.450. The molecule has 0 aliphatic heterocycles. The molecule has 1 aromatic carbocycles. The predicted octanol–water partition coefficient (Wildman–Crippen LogP) is 4.31. The smallest absolute Gasteiger partial charge is 0.230 e. The van der Waals surface area contributed by atoms with Crippen molar-refractivity contribution in [3.8, 4) is 0 Å². The number of halogens is 1. The molecule has 0 saturated heterocycles. The Hall–Kier alpha value is -1.79. The minimum absolute atomic E-state index is 0.0367. The molecule has 2 aromatic rings. The zero-order valence-electron chi connectivity index (χ0n) is 15.5. The molecule has 0 radical (unpaired) electrons. The van der Waals surface area contributed by atoms with Crippen molar-refractivity contribution in [3.05, 3.63) is 47.1 Å². The van der Waals surface area contributed by atoms with Gasteiger partial charge in [-0.05, 0) is 18.4 Å². The summed E-state index contributed by atoms with van der Waals surface area (Å²) >= 11 is 7.50. The van der Waals surface area contributed by atoms with Crippen LogP contribution in [0.25, 0.3) is 0 Å². The summed E-state index contributed by atoms with van der Waals surface area (Å²) in [5.41, 5.74) is 1.19. The quantitative estimate of drug-likeness (QED) is 0.423. The first-order valence-electron chi connectivity index (χ1n) is 9.32. The lowest BCUT2D eigenvalue weighted by Crippen LogP contribution is -2.37. The average molecular weight is 405 g/mol. The van der Waals surface area contributed by atoms with Crippen molar-refractivity contribution >= 4 is 35.1 Å². The molecule has 3 rings (SSSR count). The highest BCUT2D eigenvalue weighted by molar-refractivity contribution is 7.99. The third kappa shape index (κ3) is 6.40. The Kier molecular flexibility index (Phi) is 7.35. The molecule has 1 aromatic heterocycles. The molecule has 1 aliphatic rings. The zero-order chi connectivity index (χ0) is 19.1. The monoisotopic (exact) mass is 404 g/mol. The van der Waals surface area contributed by atoms with Gasteiger partial charge in [-0.1, -0.05) is 73.0 Å². The molecule has 0 bridgehead atoms. The summed E-state index contributed by atoms with van der Waals surface area (Å²) in [6.07, 6.45) is 5.84. The van der Waals surface area contributed by atoms with Crippen LogP contribution in [0.5, 0.6) is 0 Å². The molecular formula is C20H25ClN4OS. The topological polar surface area (TPSA) is 58.1 Å². The van der Waals surface area contributed by atoms with E-state index < -0.39 is 0 Å². The van der Waals surface area contributed by atoms with Gasteiger partial charge in [-0.15, -0.1) is 0 Å². The maximum atomic E-state index is 12.2. The molecule has 144 valence electrons. The third-order valence-electron chi connectivity index (χ3n) is 4.62. The van der Waals surface area contributed by atoms with E-state index in [1.807, 2.05) is 30.1 Å². The number of carbonyl (C=O) groups is 1. The Bertz CT molecular complexity index is 753. The molecule has 7 heteroatoms.